The van der Waals surface area contributed by atoms with Gasteiger partial charge in [-0.2, -0.15) is 0 Å². The Balaban J connectivity index is 2.29. The molecule has 0 aliphatic rings. The van der Waals surface area contributed by atoms with Crippen LogP contribution in [0.15, 0.2) is 47.4 Å². The van der Waals surface area contributed by atoms with Gasteiger partial charge in [-0.05, 0) is 23.8 Å². The van der Waals surface area contributed by atoms with Crippen molar-refractivity contribution in [3.63, 3.8) is 0 Å². The van der Waals surface area contributed by atoms with Crippen molar-refractivity contribution < 1.29 is 23.1 Å². The van der Waals surface area contributed by atoms with E-state index in [9.17, 15) is 22.8 Å². The summed E-state index contributed by atoms with van der Waals surface area (Å²) < 4.78 is 41.6. The molecule has 3 rings (SSSR count). The molecule has 122 valence electrons. The van der Waals surface area contributed by atoms with Gasteiger partial charge in [0.2, 0.25) is 5.43 Å². The van der Waals surface area contributed by atoms with Crippen molar-refractivity contribution in [3.8, 4) is 0 Å². The largest absolute Gasteiger partial charge is 0.477 e. The van der Waals surface area contributed by atoms with Crippen molar-refractivity contribution in [3.05, 3.63) is 81.4 Å². The third-order valence-corrected chi connectivity index (χ3v) is 3.59. The lowest BCUT2D eigenvalue weighted by Crippen LogP contribution is -2.19. The van der Waals surface area contributed by atoms with Crippen LogP contribution in [-0.2, 0) is 6.54 Å². The van der Waals surface area contributed by atoms with Gasteiger partial charge in [0.25, 0.3) is 0 Å². The molecule has 0 saturated carbocycles. The number of hydrogen-bond acceptors (Lipinski definition) is 2. The van der Waals surface area contributed by atoms with Crippen molar-refractivity contribution in [2.24, 2.45) is 0 Å². The van der Waals surface area contributed by atoms with Gasteiger partial charge in [0.15, 0.2) is 11.6 Å². The second-order valence-electron chi connectivity index (χ2n) is 5.22. The third kappa shape index (κ3) is 2.76. The van der Waals surface area contributed by atoms with E-state index in [1.807, 2.05) is 0 Å². The molecule has 0 atom stereocenters. The van der Waals surface area contributed by atoms with Gasteiger partial charge < -0.3 is 9.67 Å². The standard InChI is InChI=1S/C17H10F3NO3/c18-10-3-1-2-9(4-10)7-21-8-12(17(23)24)16(22)11-5-13(19)14(20)6-15(11)21/h1-6,8H,7H2,(H,23,24). The Bertz CT molecular complexity index is 1030. The normalized spacial score (nSPS) is 11.0. The molecule has 0 aliphatic carbocycles. The van der Waals surface area contributed by atoms with Crippen LogP contribution >= 0.6 is 0 Å². The lowest BCUT2D eigenvalue weighted by atomic mass is 10.1. The molecule has 1 aromatic heterocycles. The van der Waals surface area contributed by atoms with E-state index in [-0.39, 0.29) is 17.4 Å². The molecule has 0 bridgehead atoms. The zero-order valence-electron chi connectivity index (χ0n) is 12.1. The average molecular weight is 333 g/mol. The molecule has 7 heteroatoms. The topological polar surface area (TPSA) is 59.3 Å². The predicted octanol–water partition coefficient (Wildman–Crippen LogP) is 3.17. The van der Waals surface area contributed by atoms with Crippen molar-refractivity contribution in [1.29, 1.82) is 0 Å². The first-order valence-corrected chi connectivity index (χ1v) is 6.87. The van der Waals surface area contributed by atoms with Crippen LogP contribution < -0.4 is 5.43 Å². The highest BCUT2D eigenvalue weighted by Gasteiger charge is 2.17. The van der Waals surface area contributed by atoms with E-state index in [1.165, 1.54) is 22.8 Å². The van der Waals surface area contributed by atoms with Crippen molar-refractivity contribution in [2.45, 2.75) is 6.54 Å². The minimum absolute atomic E-state index is 0.0140. The Morgan fingerprint density at radius 1 is 1.08 bits per heavy atom. The maximum absolute atomic E-state index is 13.6. The van der Waals surface area contributed by atoms with Gasteiger partial charge in [-0.1, -0.05) is 12.1 Å². The van der Waals surface area contributed by atoms with Crippen LogP contribution in [-0.4, -0.2) is 15.6 Å². The highest BCUT2D eigenvalue weighted by molar-refractivity contribution is 5.92. The molecule has 3 aromatic rings. The fourth-order valence-corrected chi connectivity index (χ4v) is 2.50. The summed E-state index contributed by atoms with van der Waals surface area (Å²) in [5.74, 6) is -4.40. The fraction of sp³-hybridized carbons (Fsp3) is 0.0588. The summed E-state index contributed by atoms with van der Waals surface area (Å²) in [4.78, 5) is 23.4. The number of carboxylic acid groups (broad SMARTS) is 1. The summed E-state index contributed by atoms with van der Waals surface area (Å²) in [6.45, 7) is -0.0140. The summed E-state index contributed by atoms with van der Waals surface area (Å²) in [5, 5.41) is 8.88. The lowest BCUT2D eigenvalue weighted by molar-refractivity contribution is 0.0695. The van der Waals surface area contributed by atoms with Crippen LogP contribution in [0.5, 0.6) is 0 Å². The molecule has 0 unspecified atom stereocenters. The summed E-state index contributed by atoms with van der Waals surface area (Å²) in [6, 6.07) is 7.01. The Labute approximate surface area is 133 Å². The van der Waals surface area contributed by atoms with E-state index < -0.39 is 34.4 Å². The average Bonchev–Trinajstić information content (AvgIpc) is 2.52. The van der Waals surface area contributed by atoms with Crippen LogP contribution in [0.4, 0.5) is 13.2 Å². The number of carbonyl (C=O) groups is 1. The number of benzene rings is 2. The first-order valence-electron chi connectivity index (χ1n) is 6.87. The smallest absolute Gasteiger partial charge is 0.341 e. The Morgan fingerprint density at radius 3 is 2.46 bits per heavy atom. The molecule has 1 heterocycles. The molecule has 0 fully saturated rings. The van der Waals surface area contributed by atoms with Crippen molar-refractivity contribution in [1.82, 2.24) is 4.57 Å². The molecule has 2 aromatic carbocycles. The van der Waals surface area contributed by atoms with Crippen LogP contribution in [0.3, 0.4) is 0 Å². The number of aromatic nitrogens is 1. The molecule has 0 radical (unpaired) electrons. The molecular weight excluding hydrogens is 323 g/mol. The number of halogens is 3. The number of aromatic carboxylic acids is 1. The molecule has 0 aliphatic heterocycles. The van der Waals surface area contributed by atoms with Crippen molar-refractivity contribution >= 4 is 16.9 Å². The molecule has 1 N–H and O–H groups in total. The number of hydrogen-bond donors (Lipinski definition) is 1. The molecule has 0 saturated heterocycles. The fourth-order valence-electron chi connectivity index (χ4n) is 2.50. The van der Waals surface area contributed by atoms with E-state index in [0.29, 0.717) is 11.6 Å². The maximum Gasteiger partial charge on any atom is 0.341 e. The zero-order chi connectivity index (χ0) is 17.4. The predicted molar refractivity (Wildman–Crippen MR) is 80.6 cm³/mol. The highest BCUT2D eigenvalue weighted by atomic mass is 19.2. The van der Waals surface area contributed by atoms with Gasteiger partial charge in [0.05, 0.1) is 5.52 Å². The second-order valence-corrected chi connectivity index (χ2v) is 5.22. The van der Waals surface area contributed by atoms with Gasteiger partial charge in [0.1, 0.15) is 11.4 Å². The minimum Gasteiger partial charge on any atom is -0.477 e. The van der Waals surface area contributed by atoms with Crippen LogP contribution in [0.2, 0.25) is 0 Å². The van der Waals surface area contributed by atoms with E-state index in [1.54, 1.807) is 6.07 Å². The molecular formula is C17H10F3NO3. The molecule has 4 nitrogen and oxygen atoms in total. The van der Waals surface area contributed by atoms with Gasteiger partial charge in [-0.25, -0.2) is 18.0 Å². The second kappa shape index (κ2) is 5.84. The maximum atomic E-state index is 13.6. The number of carboxylic acids is 1. The molecule has 0 amide bonds. The number of pyridine rings is 1. The monoisotopic (exact) mass is 333 g/mol. The summed E-state index contributed by atoms with van der Waals surface area (Å²) in [5.41, 5.74) is -0.994. The van der Waals surface area contributed by atoms with E-state index >= 15 is 0 Å². The first-order chi connectivity index (χ1) is 11.4. The van der Waals surface area contributed by atoms with Crippen molar-refractivity contribution in [2.75, 3.05) is 0 Å². The van der Waals surface area contributed by atoms with Crippen LogP contribution in [0.1, 0.15) is 15.9 Å². The first kappa shape index (κ1) is 15.8. The van der Waals surface area contributed by atoms with Crippen LogP contribution in [0, 0.1) is 17.5 Å². The third-order valence-electron chi connectivity index (χ3n) is 3.59. The lowest BCUT2D eigenvalue weighted by Gasteiger charge is -2.13. The quantitative estimate of drug-likeness (QED) is 0.801. The van der Waals surface area contributed by atoms with E-state index in [0.717, 1.165) is 12.3 Å². The number of rotatable bonds is 3. The summed E-state index contributed by atoms with van der Waals surface area (Å²) in [6.07, 6.45) is 1.04. The summed E-state index contributed by atoms with van der Waals surface area (Å²) in [7, 11) is 0. The minimum atomic E-state index is -1.49. The number of fused-ring (bicyclic) bond motifs is 1. The van der Waals surface area contributed by atoms with Gasteiger partial charge >= 0.3 is 5.97 Å². The van der Waals surface area contributed by atoms with Gasteiger partial charge in [0, 0.05) is 24.2 Å². The van der Waals surface area contributed by atoms with E-state index in [4.69, 9.17) is 5.11 Å². The molecule has 0 spiro atoms. The summed E-state index contributed by atoms with van der Waals surface area (Å²) >= 11 is 0. The van der Waals surface area contributed by atoms with Gasteiger partial charge in [-0.3, -0.25) is 4.79 Å². The highest BCUT2D eigenvalue weighted by Crippen LogP contribution is 2.18. The zero-order valence-corrected chi connectivity index (χ0v) is 12.1. The Morgan fingerprint density at radius 2 is 1.79 bits per heavy atom. The number of nitrogens with zero attached hydrogens (tertiary/aromatic N) is 1. The Hall–Kier alpha value is -3.09. The Kier molecular flexibility index (Phi) is 3.84. The van der Waals surface area contributed by atoms with Gasteiger partial charge in [-0.15, -0.1) is 0 Å². The van der Waals surface area contributed by atoms with E-state index in [2.05, 4.69) is 0 Å². The molecule has 24 heavy (non-hydrogen) atoms. The van der Waals surface area contributed by atoms with Crippen LogP contribution in [0.25, 0.3) is 10.9 Å². The SMILES string of the molecule is O=C(O)c1cn(Cc2cccc(F)c2)c2cc(F)c(F)cc2c1=O.